The Morgan fingerprint density at radius 2 is 2.10 bits per heavy atom. The van der Waals surface area contributed by atoms with E-state index in [1.807, 2.05) is 0 Å². The fourth-order valence-corrected chi connectivity index (χ4v) is 2.67. The van der Waals surface area contributed by atoms with E-state index in [1.54, 1.807) is 0 Å². The number of nitrogens with one attached hydrogen (secondary N) is 2. The Morgan fingerprint density at radius 3 is 2.85 bits per heavy atom. The summed E-state index contributed by atoms with van der Waals surface area (Å²) in [6, 6.07) is 0.213. The van der Waals surface area contributed by atoms with E-state index in [0.717, 1.165) is 25.7 Å². The van der Waals surface area contributed by atoms with Crippen molar-refractivity contribution in [3.63, 3.8) is 0 Å². The van der Waals surface area contributed by atoms with E-state index >= 15 is 0 Å². The molecule has 2 heterocycles. The van der Waals surface area contributed by atoms with Gasteiger partial charge in [-0.25, -0.2) is 4.98 Å². The number of anilines is 1. The van der Waals surface area contributed by atoms with Crippen LogP contribution in [-0.2, 0) is 4.79 Å². The Labute approximate surface area is 120 Å². The number of hydrogen-bond donors (Lipinski definition) is 3. The van der Waals surface area contributed by atoms with Crippen LogP contribution in [0.4, 0.5) is 5.95 Å². The number of aromatic amines is 1. The molecule has 0 atom stereocenters. The highest BCUT2D eigenvalue weighted by molar-refractivity contribution is 6.33. The maximum absolute atomic E-state index is 12.2. The average Bonchev–Trinajstić information content (AvgIpc) is 2.88. The van der Waals surface area contributed by atoms with E-state index in [1.165, 1.54) is 6.33 Å². The molecule has 0 radical (unpaired) electrons. The van der Waals surface area contributed by atoms with Crippen molar-refractivity contribution in [1.82, 2.24) is 19.9 Å². The second kappa shape index (κ2) is 5.34. The first kappa shape index (κ1) is 13.3. The predicted molar refractivity (Wildman–Crippen MR) is 75.3 cm³/mol. The molecule has 3 rings (SSSR count). The SMILES string of the molecule is NC1CCC(C(=O)Nc2nc(Cl)c3[nH]cnc3n2)CC1. The molecule has 0 unspecified atom stereocenters. The molecular weight excluding hydrogens is 280 g/mol. The van der Waals surface area contributed by atoms with Gasteiger partial charge in [0.25, 0.3) is 0 Å². The van der Waals surface area contributed by atoms with Crippen LogP contribution in [-0.4, -0.2) is 31.9 Å². The quantitative estimate of drug-likeness (QED) is 0.726. The first-order valence-electron chi connectivity index (χ1n) is 6.56. The molecule has 1 amide bonds. The molecule has 1 saturated carbocycles. The average molecular weight is 295 g/mol. The summed E-state index contributed by atoms with van der Waals surface area (Å²) in [7, 11) is 0. The molecule has 2 aromatic rings. The van der Waals surface area contributed by atoms with E-state index in [0.29, 0.717) is 11.2 Å². The molecule has 20 heavy (non-hydrogen) atoms. The lowest BCUT2D eigenvalue weighted by Crippen LogP contribution is -2.32. The summed E-state index contributed by atoms with van der Waals surface area (Å²) >= 11 is 6.00. The largest absolute Gasteiger partial charge is 0.341 e. The number of nitrogens with zero attached hydrogens (tertiary/aromatic N) is 3. The number of amides is 1. The maximum atomic E-state index is 12.2. The monoisotopic (exact) mass is 294 g/mol. The predicted octanol–water partition coefficient (Wildman–Crippen LogP) is 1.46. The Morgan fingerprint density at radius 1 is 1.35 bits per heavy atom. The number of rotatable bonds is 2. The minimum absolute atomic E-state index is 0.0351. The summed E-state index contributed by atoms with van der Waals surface area (Å²) in [6.07, 6.45) is 4.83. The van der Waals surface area contributed by atoms with Gasteiger partial charge in [0.15, 0.2) is 10.8 Å². The van der Waals surface area contributed by atoms with Crippen molar-refractivity contribution in [3.8, 4) is 0 Å². The Balaban J connectivity index is 1.74. The number of carbonyl (C=O) groups excluding carboxylic acids is 1. The minimum atomic E-state index is -0.0807. The van der Waals surface area contributed by atoms with Crippen molar-refractivity contribution in [2.45, 2.75) is 31.7 Å². The zero-order valence-corrected chi connectivity index (χ0v) is 11.5. The van der Waals surface area contributed by atoms with Gasteiger partial charge in [-0.2, -0.15) is 9.97 Å². The van der Waals surface area contributed by atoms with Crippen LogP contribution in [0.1, 0.15) is 25.7 Å². The van der Waals surface area contributed by atoms with Gasteiger partial charge in [-0.05, 0) is 25.7 Å². The Bertz CT molecular complexity index is 634. The molecule has 0 saturated heterocycles. The van der Waals surface area contributed by atoms with E-state index < -0.39 is 0 Å². The molecule has 0 bridgehead atoms. The standard InChI is InChI=1S/C12H15ClN6O/c13-9-8-10(16-5-15-8)18-12(17-9)19-11(20)6-1-3-7(14)4-2-6/h5-7H,1-4,14H2,(H2,15,16,17,18,19,20). The smallest absolute Gasteiger partial charge is 0.233 e. The van der Waals surface area contributed by atoms with Crippen LogP contribution in [0.15, 0.2) is 6.33 Å². The van der Waals surface area contributed by atoms with Crippen LogP contribution in [0.3, 0.4) is 0 Å². The number of H-pyrrole nitrogens is 1. The lowest BCUT2D eigenvalue weighted by atomic mass is 9.86. The summed E-state index contributed by atoms with van der Waals surface area (Å²) in [6.45, 7) is 0. The van der Waals surface area contributed by atoms with E-state index in [9.17, 15) is 4.79 Å². The van der Waals surface area contributed by atoms with Crippen LogP contribution < -0.4 is 11.1 Å². The van der Waals surface area contributed by atoms with Crippen molar-refractivity contribution in [3.05, 3.63) is 11.5 Å². The van der Waals surface area contributed by atoms with Crippen molar-refractivity contribution in [2.75, 3.05) is 5.32 Å². The van der Waals surface area contributed by atoms with Gasteiger partial charge < -0.3 is 10.7 Å². The molecule has 8 heteroatoms. The molecule has 0 aromatic carbocycles. The Hall–Kier alpha value is -1.73. The van der Waals surface area contributed by atoms with Gasteiger partial charge in [0.1, 0.15) is 5.52 Å². The number of hydrogen-bond acceptors (Lipinski definition) is 5. The topological polar surface area (TPSA) is 110 Å². The number of imidazole rings is 1. The minimum Gasteiger partial charge on any atom is -0.341 e. The van der Waals surface area contributed by atoms with E-state index in [-0.39, 0.29) is 29.0 Å². The number of nitrogens with two attached hydrogens (primary N) is 1. The summed E-state index contributed by atoms with van der Waals surface area (Å²) < 4.78 is 0. The number of carbonyl (C=O) groups is 1. The van der Waals surface area contributed by atoms with Gasteiger partial charge in [-0.1, -0.05) is 11.6 Å². The van der Waals surface area contributed by atoms with Crippen molar-refractivity contribution >= 4 is 34.6 Å². The van der Waals surface area contributed by atoms with Gasteiger partial charge in [-0.15, -0.1) is 0 Å². The first-order chi connectivity index (χ1) is 9.63. The van der Waals surface area contributed by atoms with Gasteiger partial charge in [0, 0.05) is 12.0 Å². The fraction of sp³-hybridized carbons (Fsp3) is 0.500. The molecule has 4 N–H and O–H groups in total. The highest BCUT2D eigenvalue weighted by Gasteiger charge is 2.25. The lowest BCUT2D eigenvalue weighted by Gasteiger charge is -2.24. The second-order valence-corrected chi connectivity index (χ2v) is 5.40. The molecule has 1 aliphatic carbocycles. The van der Waals surface area contributed by atoms with E-state index in [2.05, 4.69) is 25.3 Å². The van der Waals surface area contributed by atoms with Crippen molar-refractivity contribution < 1.29 is 4.79 Å². The summed E-state index contributed by atoms with van der Waals surface area (Å²) in [5, 5.41) is 2.95. The molecule has 106 valence electrons. The van der Waals surface area contributed by atoms with E-state index in [4.69, 9.17) is 17.3 Å². The first-order valence-corrected chi connectivity index (χ1v) is 6.94. The summed E-state index contributed by atoms with van der Waals surface area (Å²) in [5.74, 6) is 0.0735. The van der Waals surface area contributed by atoms with Crippen LogP contribution in [0, 0.1) is 5.92 Å². The van der Waals surface area contributed by atoms with Crippen molar-refractivity contribution in [1.29, 1.82) is 0 Å². The number of aromatic nitrogens is 4. The normalized spacial score (nSPS) is 22.9. The van der Waals surface area contributed by atoms with Crippen LogP contribution in [0.2, 0.25) is 5.15 Å². The number of halogens is 1. The molecule has 2 aromatic heterocycles. The fourth-order valence-electron chi connectivity index (χ4n) is 2.45. The highest BCUT2D eigenvalue weighted by atomic mass is 35.5. The highest BCUT2D eigenvalue weighted by Crippen LogP contribution is 2.25. The third-order valence-electron chi connectivity index (χ3n) is 3.62. The van der Waals surface area contributed by atoms with Gasteiger partial charge in [0.05, 0.1) is 6.33 Å². The summed E-state index contributed by atoms with van der Waals surface area (Å²) in [5.41, 5.74) is 6.83. The molecule has 1 aliphatic rings. The third-order valence-corrected chi connectivity index (χ3v) is 3.89. The molecule has 1 fully saturated rings. The maximum Gasteiger partial charge on any atom is 0.233 e. The molecular formula is C12H15ClN6O. The van der Waals surface area contributed by atoms with Gasteiger partial charge in [0.2, 0.25) is 11.9 Å². The molecule has 7 nitrogen and oxygen atoms in total. The molecule has 0 spiro atoms. The third kappa shape index (κ3) is 2.59. The summed E-state index contributed by atoms with van der Waals surface area (Å²) in [4.78, 5) is 27.2. The zero-order valence-electron chi connectivity index (χ0n) is 10.8. The van der Waals surface area contributed by atoms with Crippen LogP contribution in [0.5, 0.6) is 0 Å². The number of fused-ring (bicyclic) bond motifs is 1. The van der Waals surface area contributed by atoms with Crippen LogP contribution >= 0.6 is 11.6 Å². The second-order valence-electron chi connectivity index (χ2n) is 5.04. The van der Waals surface area contributed by atoms with Crippen LogP contribution in [0.25, 0.3) is 11.2 Å². The van der Waals surface area contributed by atoms with Gasteiger partial charge in [-0.3, -0.25) is 10.1 Å². The molecule has 0 aliphatic heterocycles. The zero-order chi connectivity index (χ0) is 14.1. The Kier molecular flexibility index (Phi) is 3.54. The van der Waals surface area contributed by atoms with Gasteiger partial charge >= 0.3 is 0 Å². The lowest BCUT2D eigenvalue weighted by molar-refractivity contribution is -0.120. The van der Waals surface area contributed by atoms with Crippen molar-refractivity contribution in [2.24, 2.45) is 11.7 Å².